The van der Waals surface area contributed by atoms with Gasteiger partial charge < -0.3 is 24.8 Å². The average molecular weight is 482 g/mol. The highest BCUT2D eigenvalue weighted by Crippen LogP contribution is 2.52. The number of alkyl halides is 2. The molecule has 1 fully saturated rings. The number of benzene rings is 2. The minimum absolute atomic E-state index is 0.0271. The number of nitrogens with one attached hydrogen (secondary N) is 1. The lowest BCUT2D eigenvalue weighted by molar-refractivity contribution is -0.286. The highest BCUT2D eigenvalue weighted by atomic mass is 19.3. The summed E-state index contributed by atoms with van der Waals surface area (Å²) in [5, 5.41) is 20.2. The Labute approximate surface area is 201 Å². The normalized spacial score (nSPS) is 16.1. The Morgan fingerprint density at radius 3 is 2.31 bits per heavy atom. The van der Waals surface area contributed by atoms with Crippen molar-refractivity contribution in [1.82, 2.24) is 4.98 Å². The number of pyridine rings is 1. The third kappa shape index (κ3) is 5.44. The molecule has 35 heavy (non-hydrogen) atoms. The van der Waals surface area contributed by atoms with Gasteiger partial charge in [0.15, 0.2) is 11.5 Å². The Kier molecular flexibility index (Phi) is 6.53. The second-order valence-corrected chi connectivity index (χ2v) is 8.75. The maximum Gasteiger partial charge on any atom is 0.586 e. The molecule has 10 heteroatoms. The molecular weight excluding hydrogens is 457 g/mol. The van der Waals surface area contributed by atoms with Crippen LogP contribution in [-0.2, 0) is 10.2 Å². The predicted octanol–water partition coefficient (Wildman–Crippen LogP) is 3.37. The number of aryl methyl sites for hydroxylation is 3. The van der Waals surface area contributed by atoms with Gasteiger partial charge in [-0.3, -0.25) is 4.79 Å². The second-order valence-electron chi connectivity index (χ2n) is 8.75. The zero-order valence-corrected chi connectivity index (χ0v) is 19.5. The molecular formula is C25H25BF2N2O5. The summed E-state index contributed by atoms with van der Waals surface area (Å²) in [6.07, 6.45) is -2.39. The third-order valence-corrected chi connectivity index (χ3v) is 6.07. The highest BCUT2D eigenvalue weighted by molar-refractivity contribution is 6.58. The maximum absolute atomic E-state index is 13.2. The van der Waals surface area contributed by atoms with E-state index in [2.05, 4.69) is 19.8 Å². The number of halogens is 2. The van der Waals surface area contributed by atoms with Crippen molar-refractivity contribution >= 4 is 24.3 Å². The zero-order chi connectivity index (χ0) is 25.4. The molecule has 0 saturated heterocycles. The fraction of sp³-hybridized carbons (Fsp3) is 0.280. The molecule has 0 atom stereocenters. The number of nitrogens with zero attached hydrogens (tertiary/aromatic N) is 1. The van der Waals surface area contributed by atoms with Crippen molar-refractivity contribution in [2.45, 2.75) is 45.3 Å². The van der Waals surface area contributed by atoms with Gasteiger partial charge in [-0.25, -0.2) is 4.98 Å². The van der Waals surface area contributed by atoms with E-state index in [9.17, 15) is 13.6 Å². The van der Waals surface area contributed by atoms with Crippen molar-refractivity contribution in [2.24, 2.45) is 0 Å². The molecule has 1 saturated carbocycles. The first kappa shape index (κ1) is 24.6. The van der Waals surface area contributed by atoms with Gasteiger partial charge in [0.25, 0.3) is 0 Å². The van der Waals surface area contributed by atoms with Gasteiger partial charge in [-0.15, -0.1) is 8.78 Å². The summed E-state index contributed by atoms with van der Waals surface area (Å²) in [5.41, 5.74) is 3.35. The minimum Gasteiger partial charge on any atom is -0.423 e. The molecule has 3 N–H and O–H groups in total. The first-order chi connectivity index (χ1) is 16.5. The summed E-state index contributed by atoms with van der Waals surface area (Å²) >= 11 is 0. The Morgan fingerprint density at radius 2 is 1.71 bits per heavy atom. The van der Waals surface area contributed by atoms with Crippen molar-refractivity contribution in [1.29, 1.82) is 0 Å². The van der Waals surface area contributed by atoms with Crippen molar-refractivity contribution in [2.75, 3.05) is 5.32 Å². The summed E-state index contributed by atoms with van der Waals surface area (Å²) in [5.74, 6) is 0.201. The van der Waals surface area contributed by atoms with E-state index in [1.54, 1.807) is 30.3 Å². The SMILES string of the molecule is Cc1ccc(NC(=O)C2(c3ccc4c(c3)OC(F)(F)O4)CC2)nc1C.Cc1cccc(B(O)O)c1. The van der Waals surface area contributed by atoms with Crippen molar-refractivity contribution in [3.63, 3.8) is 0 Å². The number of fused-ring (bicyclic) bond motifs is 1. The Morgan fingerprint density at radius 1 is 1.00 bits per heavy atom. The Bertz CT molecular complexity index is 1260. The van der Waals surface area contributed by atoms with E-state index in [-0.39, 0.29) is 17.4 Å². The van der Waals surface area contributed by atoms with Gasteiger partial charge in [0, 0.05) is 5.69 Å². The molecule has 3 aromatic rings. The average Bonchev–Trinajstić information content (AvgIpc) is 3.54. The van der Waals surface area contributed by atoms with Gasteiger partial charge in [0.05, 0.1) is 5.41 Å². The molecule has 0 unspecified atom stereocenters. The molecule has 1 amide bonds. The van der Waals surface area contributed by atoms with Gasteiger partial charge in [0.2, 0.25) is 5.91 Å². The topological polar surface area (TPSA) is 101 Å². The number of hydrogen-bond acceptors (Lipinski definition) is 6. The molecule has 0 spiro atoms. The van der Waals surface area contributed by atoms with Crippen molar-refractivity contribution < 1.29 is 33.1 Å². The van der Waals surface area contributed by atoms with Gasteiger partial charge in [0.1, 0.15) is 5.82 Å². The largest absolute Gasteiger partial charge is 0.586 e. The van der Waals surface area contributed by atoms with Crippen LogP contribution in [0.1, 0.15) is 35.2 Å². The molecule has 1 aliphatic carbocycles. The van der Waals surface area contributed by atoms with Crippen LogP contribution in [0.5, 0.6) is 11.5 Å². The van der Waals surface area contributed by atoms with Crippen LogP contribution in [-0.4, -0.2) is 34.4 Å². The lowest BCUT2D eigenvalue weighted by Crippen LogP contribution is -2.29. The number of carbonyl (C=O) groups is 1. The van der Waals surface area contributed by atoms with Gasteiger partial charge >= 0.3 is 13.4 Å². The van der Waals surface area contributed by atoms with E-state index >= 15 is 0 Å². The van der Waals surface area contributed by atoms with Gasteiger partial charge in [-0.05, 0) is 68.4 Å². The van der Waals surface area contributed by atoms with Crippen LogP contribution in [0.2, 0.25) is 0 Å². The first-order valence-electron chi connectivity index (χ1n) is 11.1. The number of aromatic nitrogens is 1. The van der Waals surface area contributed by atoms with Crippen molar-refractivity contribution in [3.05, 3.63) is 77.0 Å². The molecule has 5 rings (SSSR count). The number of carbonyl (C=O) groups excluding carboxylic acids is 1. The standard InChI is InChI=1S/C18H16F2N2O3.C7H9BO2/c1-10-3-6-15(21-11(10)2)22-16(23)17(7-8-17)12-4-5-13-14(9-12)25-18(19,20)24-13;1-6-3-2-4-7(5-6)8(9)10/h3-6,9H,7-8H2,1-2H3,(H,21,22,23);2-5,9-10H,1H3. The zero-order valence-electron chi connectivity index (χ0n) is 19.5. The van der Waals surface area contributed by atoms with Gasteiger partial charge in [-0.1, -0.05) is 42.0 Å². The molecule has 2 heterocycles. The van der Waals surface area contributed by atoms with Crippen LogP contribution >= 0.6 is 0 Å². The molecule has 0 radical (unpaired) electrons. The lowest BCUT2D eigenvalue weighted by Gasteiger charge is -2.16. The minimum atomic E-state index is -3.66. The fourth-order valence-corrected chi connectivity index (χ4v) is 3.79. The molecule has 2 aliphatic rings. The maximum atomic E-state index is 13.2. The van der Waals surface area contributed by atoms with Crippen LogP contribution in [0.4, 0.5) is 14.6 Å². The fourth-order valence-electron chi connectivity index (χ4n) is 3.79. The van der Waals surface area contributed by atoms with E-state index in [0.717, 1.165) is 16.8 Å². The van der Waals surface area contributed by atoms with Crippen LogP contribution in [0.25, 0.3) is 0 Å². The second kappa shape index (κ2) is 9.28. The molecule has 7 nitrogen and oxygen atoms in total. The lowest BCUT2D eigenvalue weighted by atomic mass is 9.80. The third-order valence-electron chi connectivity index (χ3n) is 6.07. The van der Waals surface area contributed by atoms with Crippen LogP contribution in [0, 0.1) is 20.8 Å². The number of rotatable bonds is 4. The van der Waals surface area contributed by atoms with E-state index < -0.39 is 18.8 Å². The summed E-state index contributed by atoms with van der Waals surface area (Å²) in [7, 11) is -1.35. The smallest absolute Gasteiger partial charge is 0.423 e. The van der Waals surface area contributed by atoms with E-state index in [1.807, 2.05) is 32.9 Å². The number of ether oxygens (including phenoxy) is 2. The number of hydrogen-bond donors (Lipinski definition) is 3. The highest BCUT2D eigenvalue weighted by Gasteiger charge is 2.52. The number of anilines is 1. The quantitative estimate of drug-likeness (QED) is 0.494. The van der Waals surface area contributed by atoms with E-state index in [1.165, 1.54) is 12.1 Å². The summed E-state index contributed by atoms with van der Waals surface area (Å²) < 4.78 is 35.2. The van der Waals surface area contributed by atoms with E-state index in [4.69, 9.17) is 10.0 Å². The predicted molar refractivity (Wildman–Crippen MR) is 127 cm³/mol. The summed E-state index contributed by atoms with van der Waals surface area (Å²) in [4.78, 5) is 17.1. The number of amides is 1. The molecule has 1 aromatic heterocycles. The molecule has 1 aliphatic heterocycles. The monoisotopic (exact) mass is 482 g/mol. The van der Waals surface area contributed by atoms with Crippen LogP contribution in [0.3, 0.4) is 0 Å². The molecule has 182 valence electrons. The summed E-state index contributed by atoms with van der Waals surface area (Å²) in [6.45, 7) is 5.72. The van der Waals surface area contributed by atoms with Gasteiger partial charge in [-0.2, -0.15) is 0 Å². The first-order valence-corrected chi connectivity index (χ1v) is 11.1. The van der Waals surface area contributed by atoms with Crippen LogP contribution in [0.15, 0.2) is 54.6 Å². The molecule has 2 aromatic carbocycles. The summed E-state index contributed by atoms with van der Waals surface area (Å²) in [6, 6.07) is 15.3. The Balaban J connectivity index is 0.000000243. The Hall–Kier alpha value is -3.50. The molecule has 0 bridgehead atoms. The van der Waals surface area contributed by atoms with E-state index in [0.29, 0.717) is 29.7 Å². The van der Waals surface area contributed by atoms with Crippen LogP contribution < -0.4 is 20.3 Å². The van der Waals surface area contributed by atoms with Crippen molar-refractivity contribution in [3.8, 4) is 11.5 Å².